The van der Waals surface area contributed by atoms with Crippen molar-refractivity contribution in [3.8, 4) is 5.75 Å². The molecule has 0 saturated heterocycles. The monoisotopic (exact) mass is 345 g/mol. The molecule has 1 aromatic carbocycles. The summed E-state index contributed by atoms with van der Waals surface area (Å²) < 4.78 is 24.7. The topological polar surface area (TPSA) is 56.3 Å². The number of anilines is 1. The van der Waals surface area contributed by atoms with Crippen LogP contribution in [0.1, 0.15) is 50.3 Å². The van der Waals surface area contributed by atoms with E-state index in [0.717, 1.165) is 23.5 Å². The Hall–Kier alpha value is -2.21. The molecule has 1 aliphatic rings. The van der Waals surface area contributed by atoms with Gasteiger partial charge in [0.15, 0.2) is 11.6 Å². The van der Waals surface area contributed by atoms with Crippen molar-refractivity contribution < 1.29 is 13.9 Å². The predicted octanol–water partition coefficient (Wildman–Crippen LogP) is 4.00. The molecule has 0 bridgehead atoms. The zero-order valence-electron chi connectivity index (χ0n) is 15.1. The van der Waals surface area contributed by atoms with Crippen molar-refractivity contribution in [2.45, 2.75) is 45.3 Å². The van der Waals surface area contributed by atoms with Crippen molar-refractivity contribution >= 4 is 5.82 Å². The first-order chi connectivity index (χ1) is 11.9. The molecule has 3 rings (SSSR count). The Kier molecular flexibility index (Phi) is 4.90. The van der Waals surface area contributed by atoms with Gasteiger partial charge in [0.25, 0.3) is 0 Å². The third-order valence-corrected chi connectivity index (χ3v) is 4.09. The molecule has 1 aliphatic heterocycles. The van der Waals surface area contributed by atoms with E-state index in [1.807, 2.05) is 12.1 Å². The molecule has 6 heteroatoms. The predicted molar refractivity (Wildman–Crippen MR) is 94.3 cm³/mol. The van der Waals surface area contributed by atoms with Crippen molar-refractivity contribution in [2.24, 2.45) is 0 Å². The summed E-state index contributed by atoms with van der Waals surface area (Å²) in [7, 11) is 1.64. The quantitative estimate of drug-likeness (QED) is 0.908. The maximum atomic E-state index is 14.0. The number of benzene rings is 1. The molecule has 1 N–H and O–H groups in total. The van der Waals surface area contributed by atoms with E-state index in [4.69, 9.17) is 9.47 Å². The van der Waals surface area contributed by atoms with Gasteiger partial charge in [-0.25, -0.2) is 14.4 Å². The molecule has 0 fully saturated rings. The van der Waals surface area contributed by atoms with Crippen LogP contribution in [0.4, 0.5) is 10.2 Å². The van der Waals surface area contributed by atoms with Gasteiger partial charge in [0.1, 0.15) is 11.6 Å². The second-order valence-corrected chi connectivity index (χ2v) is 7.24. The highest BCUT2D eigenvalue weighted by Crippen LogP contribution is 2.36. The van der Waals surface area contributed by atoms with E-state index in [-0.39, 0.29) is 17.3 Å². The number of fused-ring (bicyclic) bond motifs is 1. The summed E-state index contributed by atoms with van der Waals surface area (Å²) in [5.41, 5.74) is 1.45. The molecule has 0 amide bonds. The Morgan fingerprint density at radius 3 is 2.84 bits per heavy atom. The third kappa shape index (κ3) is 3.90. The SMILES string of the molecule is COCc1cc(N[C@H]2CCOc3c(F)cccc32)nc(C(C)(C)C)n1. The van der Waals surface area contributed by atoms with Crippen LogP contribution < -0.4 is 10.1 Å². The maximum absolute atomic E-state index is 14.0. The summed E-state index contributed by atoms with van der Waals surface area (Å²) in [6, 6.07) is 6.83. The second kappa shape index (κ2) is 6.96. The molecule has 25 heavy (non-hydrogen) atoms. The molecule has 5 nitrogen and oxygen atoms in total. The van der Waals surface area contributed by atoms with Crippen LogP contribution in [0.3, 0.4) is 0 Å². The second-order valence-electron chi connectivity index (χ2n) is 7.24. The fraction of sp³-hybridized carbons (Fsp3) is 0.474. The van der Waals surface area contributed by atoms with Crippen molar-refractivity contribution in [1.29, 1.82) is 0 Å². The molecule has 0 spiro atoms. The van der Waals surface area contributed by atoms with Gasteiger partial charge >= 0.3 is 0 Å². The average Bonchev–Trinajstić information content (AvgIpc) is 2.55. The molecule has 2 heterocycles. The number of aromatic nitrogens is 2. The summed E-state index contributed by atoms with van der Waals surface area (Å²) in [6.45, 7) is 7.10. The molecular weight excluding hydrogens is 321 g/mol. The normalized spacial score (nSPS) is 16.9. The Morgan fingerprint density at radius 1 is 1.32 bits per heavy atom. The van der Waals surface area contributed by atoms with Gasteiger partial charge in [-0.1, -0.05) is 32.9 Å². The molecule has 0 aliphatic carbocycles. The lowest BCUT2D eigenvalue weighted by atomic mass is 9.95. The van der Waals surface area contributed by atoms with Gasteiger partial charge in [0, 0.05) is 30.6 Å². The lowest BCUT2D eigenvalue weighted by Crippen LogP contribution is -2.23. The average molecular weight is 345 g/mol. The van der Waals surface area contributed by atoms with Crippen LogP contribution >= 0.6 is 0 Å². The summed E-state index contributed by atoms with van der Waals surface area (Å²) in [4.78, 5) is 9.25. The largest absolute Gasteiger partial charge is 0.490 e. The van der Waals surface area contributed by atoms with Gasteiger partial charge in [-0.05, 0) is 6.07 Å². The minimum atomic E-state index is -0.331. The van der Waals surface area contributed by atoms with Crippen LogP contribution in [-0.4, -0.2) is 23.7 Å². The number of nitrogens with zero attached hydrogens (tertiary/aromatic N) is 2. The van der Waals surface area contributed by atoms with Crippen LogP contribution in [0, 0.1) is 5.82 Å². The number of ether oxygens (including phenoxy) is 2. The van der Waals surface area contributed by atoms with Gasteiger partial charge in [0.05, 0.1) is 24.9 Å². The maximum Gasteiger partial charge on any atom is 0.165 e. The smallest absolute Gasteiger partial charge is 0.165 e. The molecule has 2 aromatic rings. The lowest BCUT2D eigenvalue weighted by molar-refractivity contribution is 0.181. The zero-order valence-corrected chi connectivity index (χ0v) is 15.1. The Balaban J connectivity index is 1.93. The van der Waals surface area contributed by atoms with Crippen LogP contribution in [0.5, 0.6) is 5.75 Å². The van der Waals surface area contributed by atoms with Crippen LogP contribution in [-0.2, 0) is 16.8 Å². The van der Waals surface area contributed by atoms with Crippen molar-refractivity contribution in [3.63, 3.8) is 0 Å². The van der Waals surface area contributed by atoms with E-state index >= 15 is 0 Å². The van der Waals surface area contributed by atoms with Gasteiger partial charge < -0.3 is 14.8 Å². The first-order valence-corrected chi connectivity index (χ1v) is 8.43. The molecule has 1 aromatic heterocycles. The van der Waals surface area contributed by atoms with Crippen molar-refractivity contribution in [1.82, 2.24) is 9.97 Å². The first-order valence-electron chi connectivity index (χ1n) is 8.43. The molecule has 134 valence electrons. The number of methoxy groups -OCH3 is 1. The Bertz CT molecular complexity index is 759. The molecule has 0 radical (unpaired) electrons. The van der Waals surface area contributed by atoms with Crippen LogP contribution in [0.25, 0.3) is 0 Å². The summed E-state index contributed by atoms with van der Waals surface area (Å²) in [6.07, 6.45) is 0.741. The van der Waals surface area contributed by atoms with E-state index in [1.54, 1.807) is 13.2 Å². The number of nitrogens with one attached hydrogen (secondary N) is 1. The van der Waals surface area contributed by atoms with Crippen LogP contribution in [0.15, 0.2) is 24.3 Å². The van der Waals surface area contributed by atoms with Gasteiger partial charge in [-0.15, -0.1) is 0 Å². The Labute approximate surface area is 147 Å². The van der Waals surface area contributed by atoms with E-state index in [2.05, 4.69) is 36.1 Å². The fourth-order valence-electron chi connectivity index (χ4n) is 2.84. The number of rotatable bonds is 4. The number of para-hydroxylation sites is 1. The lowest BCUT2D eigenvalue weighted by Gasteiger charge is -2.28. The van der Waals surface area contributed by atoms with E-state index in [1.165, 1.54) is 6.07 Å². The first kappa shape index (κ1) is 17.6. The van der Waals surface area contributed by atoms with Gasteiger partial charge in [-0.3, -0.25) is 0 Å². The highest BCUT2D eigenvalue weighted by Gasteiger charge is 2.25. The van der Waals surface area contributed by atoms with E-state index in [9.17, 15) is 4.39 Å². The highest BCUT2D eigenvalue weighted by molar-refractivity contribution is 5.46. The molecular formula is C19H24FN3O2. The van der Waals surface area contributed by atoms with Crippen molar-refractivity contribution in [3.05, 3.63) is 47.2 Å². The highest BCUT2D eigenvalue weighted by atomic mass is 19.1. The molecule has 0 saturated carbocycles. The van der Waals surface area contributed by atoms with E-state index in [0.29, 0.717) is 24.8 Å². The molecule has 1 atom stereocenters. The van der Waals surface area contributed by atoms with E-state index < -0.39 is 0 Å². The summed E-state index contributed by atoms with van der Waals surface area (Å²) >= 11 is 0. The zero-order chi connectivity index (χ0) is 18.0. The number of hydrogen-bond donors (Lipinski definition) is 1. The standard InChI is InChI=1S/C19H24FN3O2/c1-19(2,3)18-21-12(11-24-4)10-16(23-18)22-15-8-9-25-17-13(15)6-5-7-14(17)20/h5-7,10,15H,8-9,11H2,1-4H3,(H,21,22,23)/t15-/m0/s1. The fourth-order valence-corrected chi connectivity index (χ4v) is 2.84. The molecule has 0 unspecified atom stereocenters. The summed E-state index contributed by atoms with van der Waals surface area (Å²) in [5, 5.41) is 3.42. The third-order valence-electron chi connectivity index (χ3n) is 4.09. The van der Waals surface area contributed by atoms with Gasteiger partial charge in [-0.2, -0.15) is 0 Å². The minimum absolute atomic E-state index is 0.0578. The van der Waals surface area contributed by atoms with Gasteiger partial charge in [0.2, 0.25) is 0 Å². The Morgan fingerprint density at radius 2 is 2.12 bits per heavy atom. The number of hydrogen-bond acceptors (Lipinski definition) is 5. The summed E-state index contributed by atoms with van der Waals surface area (Å²) in [5.74, 6) is 1.46. The van der Waals surface area contributed by atoms with Crippen LogP contribution in [0.2, 0.25) is 0 Å². The number of halogens is 1. The minimum Gasteiger partial charge on any atom is -0.490 e. The van der Waals surface area contributed by atoms with Crippen molar-refractivity contribution in [2.75, 3.05) is 19.0 Å².